The zero-order valence-electron chi connectivity index (χ0n) is 14.6. The molecule has 0 radical (unpaired) electrons. The summed E-state index contributed by atoms with van der Waals surface area (Å²) < 4.78 is 5.14. The molecular weight excluding hydrogens is 455 g/mol. The van der Waals surface area contributed by atoms with Crippen molar-refractivity contribution >= 4 is 47.4 Å². The fraction of sp³-hybridized carbons (Fsp3) is 0.529. The third kappa shape index (κ3) is 7.68. The van der Waals surface area contributed by atoms with Crippen LogP contribution >= 0.6 is 35.6 Å². The maximum atomic E-state index is 11.5. The van der Waals surface area contributed by atoms with E-state index in [4.69, 9.17) is 16.3 Å². The van der Waals surface area contributed by atoms with Crippen molar-refractivity contribution in [2.45, 2.75) is 19.3 Å². The fourth-order valence-corrected chi connectivity index (χ4v) is 2.52. The average Bonchev–Trinajstić information content (AvgIpc) is 3.43. The van der Waals surface area contributed by atoms with E-state index in [0.29, 0.717) is 30.6 Å². The van der Waals surface area contributed by atoms with Gasteiger partial charge in [0.1, 0.15) is 5.75 Å². The molecule has 0 heterocycles. The van der Waals surface area contributed by atoms with Crippen molar-refractivity contribution < 1.29 is 9.53 Å². The number of carbonyl (C=O) groups excluding carboxylic acids is 1. The fourth-order valence-electron chi connectivity index (χ4n) is 2.25. The molecule has 25 heavy (non-hydrogen) atoms. The van der Waals surface area contributed by atoms with E-state index in [9.17, 15) is 4.79 Å². The molecule has 0 unspecified atom stereocenters. The molecule has 1 aromatic carbocycles. The second kappa shape index (κ2) is 11.4. The molecule has 2 rings (SSSR count). The number of methoxy groups -OCH3 is 1. The van der Waals surface area contributed by atoms with Crippen LogP contribution in [0.1, 0.15) is 18.4 Å². The Hall–Kier alpha value is -1.22. The topological polar surface area (TPSA) is 74.8 Å². The molecule has 8 heteroatoms. The molecule has 1 saturated carbocycles. The molecule has 0 spiro atoms. The summed E-state index contributed by atoms with van der Waals surface area (Å²) in [5.74, 6) is 1.87. The monoisotopic (exact) mass is 480 g/mol. The molecule has 0 aliphatic heterocycles. The van der Waals surface area contributed by atoms with E-state index in [2.05, 4.69) is 20.9 Å². The zero-order chi connectivity index (χ0) is 17.4. The lowest BCUT2D eigenvalue weighted by atomic mass is 10.1. The number of nitrogens with one attached hydrogen (secondary N) is 3. The Morgan fingerprint density at radius 3 is 2.52 bits per heavy atom. The summed E-state index contributed by atoms with van der Waals surface area (Å²) in [4.78, 5) is 15.7. The lowest BCUT2D eigenvalue weighted by Gasteiger charge is -2.13. The van der Waals surface area contributed by atoms with Gasteiger partial charge in [0.15, 0.2) is 5.96 Å². The van der Waals surface area contributed by atoms with E-state index in [-0.39, 0.29) is 35.8 Å². The molecule has 1 aromatic rings. The van der Waals surface area contributed by atoms with Gasteiger partial charge in [0.2, 0.25) is 5.91 Å². The first-order valence-corrected chi connectivity index (χ1v) is 8.56. The number of carbonyl (C=O) groups is 1. The minimum absolute atomic E-state index is 0. The first-order chi connectivity index (χ1) is 11.6. The maximum absolute atomic E-state index is 11.5. The number of nitrogens with zero attached hydrogens (tertiary/aromatic N) is 1. The van der Waals surface area contributed by atoms with Crippen LogP contribution in [0.5, 0.6) is 5.75 Å². The predicted molar refractivity (Wildman–Crippen MR) is 112 cm³/mol. The molecule has 1 fully saturated rings. The van der Waals surface area contributed by atoms with Crippen molar-refractivity contribution in [2.75, 3.05) is 33.8 Å². The van der Waals surface area contributed by atoms with Crippen molar-refractivity contribution in [3.63, 3.8) is 0 Å². The second-order valence-electron chi connectivity index (χ2n) is 5.70. The predicted octanol–water partition coefficient (Wildman–Crippen LogP) is 2.20. The lowest BCUT2D eigenvalue weighted by molar-refractivity contribution is -0.122. The van der Waals surface area contributed by atoms with Gasteiger partial charge < -0.3 is 20.7 Å². The van der Waals surface area contributed by atoms with Crippen LogP contribution in [0.2, 0.25) is 5.02 Å². The number of halogens is 2. The summed E-state index contributed by atoms with van der Waals surface area (Å²) in [6, 6.07) is 5.68. The molecule has 0 bridgehead atoms. The number of benzene rings is 1. The number of aliphatic imine (C=N–C) groups is 1. The smallest absolute Gasteiger partial charge is 0.223 e. The van der Waals surface area contributed by atoms with Crippen LogP contribution in [0.25, 0.3) is 0 Å². The summed E-state index contributed by atoms with van der Waals surface area (Å²) in [5, 5.41) is 10.0. The van der Waals surface area contributed by atoms with E-state index >= 15 is 0 Å². The first kappa shape index (κ1) is 21.8. The molecule has 1 aliphatic rings. The minimum atomic E-state index is 0. The van der Waals surface area contributed by atoms with Crippen molar-refractivity contribution in [1.29, 1.82) is 0 Å². The van der Waals surface area contributed by atoms with Crippen molar-refractivity contribution in [1.82, 2.24) is 16.0 Å². The van der Waals surface area contributed by atoms with E-state index in [1.807, 2.05) is 18.2 Å². The van der Waals surface area contributed by atoms with E-state index < -0.39 is 0 Å². The molecular formula is C17H26ClIN4O2. The number of amides is 1. The van der Waals surface area contributed by atoms with Crippen LogP contribution in [-0.2, 0) is 11.2 Å². The van der Waals surface area contributed by atoms with Gasteiger partial charge in [-0.3, -0.25) is 9.79 Å². The molecule has 140 valence electrons. The molecule has 0 aromatic heterocycles. The van der Waals surface area contributed by atoms with Gasteiger partial charge in [0, 0.05) is 37.6 Å². The molecule has 1 aliphatic carbocycles. The minimum Gasteiger partial charge on any atom is -0.497 e. The van der Waals surface area contributed by atoms with Gasteiger partial charge in [-0.2, -0.15) is 0 Å². The number of rotatable bonds is 8. The molecule has 1 amide bonds. The Morgan fingerprint density at radius 2 is 1.92 bits per heavy atom. The van der Waals surface area contributed by atoms with Crippen molar-refractivity contribution in [2.24, 2.45) is 10.9 Å². The van der Waals surface area contributed by atoms with E-state index in [1.165, 1.54) is 0 Å². The second-order valence-corrected chi connectivity index (χ2v) is 6.11. The molecule has 0 saturated heterocycles. The zero-order valence-corrected chi connectivity index (χ0v) is 17.7. The Morgan fingerprint density at radius 1 is 1.24 bits per heavy atom. The third-order valence-corrected chi connectivity index (χ3v) is 4.19. The van der Waals surface area contributed by atoms with E-state index in [1.54, 1.807) is 14.2 Å². The number of hydrogen-bond donors (Lipinski definition) is 3. The molecule has 3 N–H and O–H groups in total. The summed E-state index contributed by atoms with van der Waals surface area (Å²) >= 11 is 6.23. The standard InChI is InChI=1S/C17H25ClN4O2.HI/c1-19-17(22-10-9-20-16(23)13-3-4-13)21-8-7-12-5-6-14(24-2)11-15(12)18;/h5-6,11,13H,3-4,7-10H2,1-2H3,(H,20,23)(H2,19,21,22);1H. The first-order valence-electron chi connectivity index (χ1n) is 8.18. The quantitative estimate of drug-likeness (QED) is 0.231. The van der Waals surface area contributed by atoms with Gasteiger partial charge in [-0.15, -0.1) is 24.0 Å². The third-order valence-electron chi connectivity index (χ3n) is 3.84. The van der Waals surface area contributed by atoms with Gasteiger partial charge in [-0.1, -0.05) is 17.7 Å². The Labute approximate surface area is 171 Å². The SMILES string of the molecule is CN=C(NCCNC(=O)C1CC1)NCCc1ccc(OC)cc1Cl.I. The highest BCUT2D eigenvalue weighted by Gasteiger charge is 2.28. The van der Waals surface area contributed by atoms with Crippen LogP contribution in [0.3, 0.4) is 0 Å². The largest absolute Gasteiger partial charge is 0.497 e. The highest BCUT2D eigenvalue weighted by Crippen LogP contribution is 2.28. The number of ether oxygens (including phenoxy) is 1. The molecule has 6 nitrogen and oxygen atoms in total. The Bertz CT molecular complexity index is 594. The van der Waals surface area contributed by atoms with Crippen LogP contribution in [0, 0.1) is 5.92 Å². The highest BCUT2D eigenvalue weighted by molar-refractivity contribution is 14.0. The van der Waals surface area contributed by atoms with Gasteiger partial charge in [-0.25, -0.2) is 0 Å². The summed E-state index contributed by atoms with van der Waals surface area (Å²) in [5.41, 5.74) is 1.05. The molecule has 0 atom stereocenters. The Kier molecular flexibility index (Phi) is 9.96. The maximum Gasteiger partial charge on any atom is 0.223 e. The highest BCUT2D eigenvalue weighted by atomic mass is 127. The van der Waals surface area contributed by atoms with Gasteiger partial charge in [0.25, 0.3) is 0 Å². The van der Waals surface area contributed by atoms with Gasteiger partial charge in [-0.05, 0) is 37.0 Å². The van der Waals surface area contributed by atoms with Gasteiger partial charge >= 0.3 is 0 Å². The van der Waals surface area contributed by atoms with Crippen LogP contribution in [0.4, 0.5) is 0 Å². The van der Waals surface area contributed by atoms with Crippen LogP contribution < -0.4 is 20.7 Å². The summed E-state index contributed by atoms with van der Waals surface area (Å²) in [6.07, 6.45) is 2.83. The average molecular weight is 481 g/mol. The number of guanidine groups is 1. The van der Waals surface area contributed by atoms with E-state index in [0.717, 1.165) is 30.6 Å². The number of hydrogen-bond acceptors (Lipinski definition) is 3. The van der Waals surface area contributed by atoms with Crippen LogP contribution in [0.15, 0.2) is 23.2 Å². The van der Waals surface area contributed by atoms with Crippen LogP contribution in [-0.4, -0.2) is 45.7 Å². The van der Waals surface area contributed by atoms with Crippen molar-refractivity contribution in [3.05, 3.63) is 28.8 Å². The summed E-state index contributed by atoms with van der Waals surface area (Å²) in [6.45, 7) is 1.95. The van der Waals surface area contributed by atoms with Gasteiger partial charge in [0.05, 0.1) is 7.11 Å². The lowest BCUT2D eigenvalue weighted by Crippen LogP contribution is -2.42. The summed E-state index contributed by atoms with van der Waals surface area (Å²) in [7, 11) is 3.34. The Balaban J connectivity index is 0.00000312. The van der Waals surface area contributed by atoms with Crippen molar-refractivity contribution in [3.8, 4) is 5.75 Å². The normalized spacial score (nSPS) is 13.6.